The molecule has 2 aromatic carbocycles. The molecule has 27 heavy (non-hydrogen) atoms. The molecule has 6 heteroatoms. The summed E-state index contributed by atoms with van der Waals surface area (Å²) in [6, 6.07) is 7.32. The normalized spacial score (nSPS) is 12.5. The van der Waals surface area contributed by atoms with E-state index < -0.39 is 25.8 Å². The summed E-state index contributed by atoms with van der Waals surface area (Å²) < 4.78 is 51.5. The molecular formula is C21H25F3O2Si. The van der Waals surface area contributed by atoms with Crippen LogP contribution in [0.3, 0.4) is 0 Å². The summed E-state index contributed by atoms with van der Waals surface area (Å²) in [6.45, 7) is 10.7. The number of halogens is 3. The summed E-state index contributed by atoms with van der Waals surface area (Å²) in [5.41, 5.74) is 1.00. The lowest BCUT2D eigenvalue weighted by atomic mass is 10.1. The molecule has 146 valence electrons. The summed E-state index contributed by atoms with van der Waals surface area (Å²) in [4.78, 5) is 0. The van der Waals surface area contributed by atoms with Crippen molar-refractivity contribution in [1.29, 1.82) is 0 Å². The largest absolute Gasteiger partial charge is 0.541 e. The van der Waals surface area contributed by atoms with Crippen molar-refractivity contribution in [2.75, 3.05) is 7.11 Å². The maximum atomic E-state index is 13.3. The molecule has 0 saturated carbocycles. The van der Waals surface area contributed by atoms with Gasteiger partial charge in [0.15, 0.2) is 23.2 Å². The van der Waals surface area contributed by atoms with Gasteiger partial charge in [-0.05, 0) is 53.5 Å². The Morgan fingerprint density at radius 3 is 1.93 bits per heavy atom. The van der Waals surface area contributed by atoms with E-state index in [-0.39, 0.29) is 10.6 Å². The van der Waals surface area contributed by atoms with Crippen LogP contribution in [0.2, 0.25) is 18.1 Å². The van der Waals surface area contributed by atoms with Gasteiger partial charge in [-0.25, -0.2) is 13.2 Å². The summed E-state index contributed by atoms with van der Waals surface area (Å²) in [5.74, 6) is -2.65. The smallest absolute Gasteiger partial charge is 0.250 e. The Balaban J connectivity index is 2.34. The van der Waals surface area contributed by atoms with Gasteiger partial charge >= 0.3 is 0 Å². The van der Waals surface area contributed by atoms with Gasteiger partial charge in [-0.1, -0.05) is 39.0 Å². The molecule has 0 radical (unpaired) electrons. The number of hydrogen-bond acceptors (Lipinski definition) is 2. The van der Waals surface area contributed by atoms with Crippen molar-refractivity contribution >= 4 is 20.5 Å². The van der Waals surface area contributed by atoms with Crippen molar-refractivity contribution in [3.63, 3.8) is 0 Å². The SMILES string of the molecule is COc1ccc(/C=C\c2cc(F)c(F)c(F)c2)cc1O[Si](C)(C)C(C)(C)C. The molecule has 2 rings (SSSR count). The first-order valence-corrected chi connectivity index (χ1v) is 11.5. The van der Waals surface area contributed by atoms with Crippen LogP contribution in [0.15, 0.2) is 30.3 Å². The maximum absolute atomic E-state index is 13.3. The van der Waals surface area contributed by atoms with E-state index in [1.807, 2.05) is 12.1 Å². The zero-order valence-corrected chi connectivity index (χ0v) is 17.5. The van der Waals surface area contributed by atoms with Crippen molar-refractivity contribution < 1.29 is 22.3 Å². The van der Waals surface area contributed by atoms with E-state index in [1.165, 1.54) is 6.08 Å². The van der Waals surface area contributed by atoms with Crippen molar-refractivity contribution in [3.05, 3.63) is 58.9 Å². The molecule has 0 amide bonds. The van der Waals surface area contributed by atoms with Gasteiger partial charge in [-0.3, -0.25) is 0 Å². The van der Waals surface area contributed by atoms with Crippen LogP contribution in [0.1, 0.15) is 31.9 Å². The summed E-state index contributed by atoms with van der Waals surface area (Å²) in [6.07, 6.45) is 3.20. The lowest BCUT2D eigenvalue weighted by molar-refractivity contribution is 0.386. The molecule has 0 aromatic heterocycles. The summed E-state index contributed by atoms with van der Waals surface area (Å²) in [7, 11) is -0.493. The second-order valence-electron chi connectivity index (χ2n) is 7.90. The van der Waals surface area contributed by atoms with Crippen LogP contribution in [0, 0.1) is 17.5 Å². The Morgan fingerprint density at radius 1 is 0.852 bits per heavy atom. The van der Waals surface area contributed by atoms with Crippen LogP contribution in [0.5, 0.6) is 11.5 Å². The average molecular weight is 395 g/mol. The molecule has 2 nitrogen and oxygen atoms in total. The number of benzene rings is 2. The molecule has 0 bridgehead atoms. The summed E-state index contributed by atoms with van der Waals surface area (Å²) >= 11 is 0. The number of methoxy groups -OCH3 is 1. The molecule has 0 N–H and O–H groups in total. The monoisotopic (exact) mass is 394 g/mol. The van der Waals surface area contributed by atoms with Gasteiger partial charge in [0.05, 0.1) is 7.11 Å². The fraction of sp³-hybridized carbons (Fsp3) is 0.333. The zero-order valence-electron chi connectivity index (χ0n) is 16.5. The third kappa shape index (κ3) is 4.94. The number of ether oxygens (including phenoxy) is 1. The van der Waals surface area contributed by atoms with Crippen LogP contribution in [-0.2, 0) is 0 Å². The minimum atomic E-state index is -2.07. The highest BCUT2D eigenvalue weighted by atomic mass is 28.4. The molecule has 2 aromatic rings. The minimum Gasteiger partial charge on any atom is -0.541 e. The molecule has 0 atom stereocenters. The first-order valence-electron chi connectivity index (χ1n) is 8.64. The van der Waals surface area contributed by atoms with Gasteiger partial charge in [0.25, 0.3) is 8.32 Å². The quantitative estimate of drug-likeness (QED) is 0.320. The molecule has 0 spiro atoms. The molecule has 0 aliphatic rings. The second kappa shape index (κ2) is 7.80. The molecule has 0 saturated heterocycles. The zero-order chi connectivity index (χ0) is 20.4. The number of rotatable bonds is 5. The fourth-order valence-corrected chi connectivity index (χ4v) is 3.18. The highest BCUT2D eigenvalue weighted by Crippen LogP contribution is 2.40. The van der Waals surface area contributed by atoms with Crippen molar-refractivity contribution in [1.82, 2.24) is 0 Å². The first-order chi connectivity index (χ1) is 12.4. The Hall–Kier alpha value is -2.21. The van der Waals surface area contributed by atoms with Gasteiger partial charge in [0, 0.05) is 0 Å². The van der Waals surface area contributed by atoms with Crippen molar-refractivity contribution in [2.24, 2.45) is 0 Å². The van der Waals surface area contributed by atoms with Crippen molar-refractivity contribution in [2.45, 2.75) is 38.9 Å². The van der Waals surface area contributed by atoms with E-state index in [2.05, 4.69) is 33.9 Å². The van der Waals surface area contributed by atoms with E-state index in [4.69, 9.17) is 9.16 Å². The van der Waals surface area contributed by atoms with Crippen LogP contribution in [0.25, 0.3) is 12.2 Å². The Morgan fingerprint density at radius 2 is 1.41 bits per heavy atom. The van der Waals surface area contributed by atoms with E-state index in [9.17, 15) is 13.2 Å². The first kappa shape index (κ1) is 21.1. The fourth-order valence-electron chi connectivity index (χ4n) is 2.17. The van der Waals surface area contributed by atoms with Crippen LogP contribution >= 0.6 is 0 Å². The number of hydrogen-bond donors (Lipinski definition) is 0. The second-order valence-corrected chi connectivity index (χ2v) is 12.6. The lowest BCUT2D eigenvalue weighted by Gasteiger charge is -2.36. The van der Waals surface area contributed by atoms with Crippen LogP contribution in [-0.4, -0.2) is 15.4 Å². The van der Waals surface area contributed by atoms with E-state index in [1.54, 1.807) is 19.3 Å². The van der Waals surface area contributed by atoms with Crippen molar-refractivity contribution in [3.8, 4) is 11.5 Å². The van der Waals surface area contributed by atoms with Gasteiger partial charge in [-0.2, -0.15) is 0 Å². The third-order valence-electron chi connectivity index (χ3n) is 4.83. The molecule has 0 heterocycles. The molecule has 0 aliphatic carbocycles. The highest BCUT2D eigenvalue weighted by molar-refractivity contribution is 6.74. The maximum Gasteiger partial charge on any atom is 0.250 e. The van der Waals surface area contributed by atoms with E-state index in [0.29, 0.717) is 11.5 Å². The highest BCUT2D eigenvalue weighted by Gasteiger charge is 2.39. The average Bonchev–Trinajstić information content (AvgIpc) is 2.56. The lowest BCUT2D eigenvalue weighted by Crippen LogP contribution is -2.43. The standard InChI is InChI=1S/C21H25F3O2Si/c1-21(2,3)27(5,6)26-19-13-14(9-10-18(19)25-4)7-8-15-11-16(22)20(24)17(23)12-15/h7-13H,1-6H3/b8-7-. The van der Waals surface area contributed by atoms with Gasteiger partial charge in [-0.15, -0.1) is 0 Å². The Labute approximate surface area is 159 Å². The van der Waals surface area contributed by atoms with E-state index in [0.717, 1.165) is 17.7 Å². The van der Waals surface area contributed by atoms with E-state index >= 15 is 0 Å². The molecule has 0 aliphatic heterocycles. The van der Waals surface area contributed by atoms with Gasteiger partial charge < -0.3 is 9.16 Å². The van der Waals surface area contributed by atoms with Gasteiger partial charge in [0.2, 0.25) is 0 Å². The minimum absolute atomic E-state index is 0.0209. The molecular weight excluding hydrogens is 369 g/mol. The molecule has 0 fully saturated rings. The third-order valence-corrected chi connectivity index (χ3v) is 9.18. The predicted octanol–water partition coefficient (Wildman–Crippen LogP) is 6.67. The van der Waals surface area contributed by atoms with Crippen LogP contribution < -0.4 is 9.16 Å². The Bertz CT molecular complexity index is 832. The molecule has 0 unspecified atom stereocenters. The topological polar surface area (TPSA) is 18.5 Å². The summed E-state index contributed by atoms with van der Waals surface area (Å²) in [5, 5.41) is 0.0209. The predicted molar refractivity (Wildman–Crippen MR) is 106 cm³/mol. The van der Waals surface area contributed by atoms with Gasteiger partial charge in [0.1, 0.15) is 5.75 Å². The Kier molecular flexibility index (Phi) is 6.09. The van der Waals surface area contributed by atoms with Crippen LogP contribution in [0.4, 0.5) is 13.2 Å².